The maximum atomic E-state index is 12.3. The Bertz CT molecular complexity index is 989. The van der Waals surface area contributed by atoms with Crippen LogP contribution in [0.1, 0.15) is 28.4 Å². The van der Waals surface area contributed by atoms with Gasteiger partial charge in [0.1, 0.15) is 11.3 Å². The lowest BCUT2D eigenvalue weighted by molar-refractivity contribution is 0.0522. The Morgan fingerprint density at radius 2 is 1.89 bits per heavy atom. The normalized spacial score (nSPS) is 10.5. The molecule has 6 heteroatoms. The molecule has 0 fully saturated rings. The van der Waals surface area contributed by atoms with Gasteiger partial charge in [0.2, 0.25) is 5.88 Å². The predicted octanol–water partition coefficient (Wildman–Crippen LogP) is 5.38. The highest BCUT2D eigenvalue weighted by molar-refractivity contribution is 6.32. The zero-order valence-corrected chi connectivity index (χ0v) is 16.1. The molecular weight excluding hydrogens is 364 g/mol. The Balaban J connectivity index is 2.07. The molecule has 3 rings (SSSR count). The lowest BCUT2D eigenvalue weighted by Crippen LogP contribution is -2.09. The van der Waals surface area contributed by atoms with E-state index in [1.807, 2.05) is 32.0 Å². The van der Waals surface area contributed by atoms with Gasteiger partial charge in [-0.1, -0.05) is 35.9 Å². The molecule has 0 aliphatic heterocycles. The van der Waals surface area contributed by atoms with Crippen LogP contribution in [-0.2, 0) is 4.74 Å². The number of rotatable bonds is 5. The van der Waals surface area contributed by atoms with E-state index in [9.17, 15) is 4.79 Å². The second-order valence-corrected chi connectivity index (χ2v) is 6.37. The van der Waals surface area contributed by atoms with Crippen LogP contribution >= 0.6 is 11.6 Å². The lowest BCUT2D eigenvalue weighted by Gasteiger charge is -2.12. The maximum Gasteiger partial charge on any atom is 0.345 e. The summed E-state index contributed by atoms with van der Waals surface area (Å²) in [5.41, 5.74) is 3.27. The van der Waals surface area contributed by atoms with Gasteiger partial charge in [-0.15, -0.1) is 0 Å². The molecule has 0 amide bonds. The predicted molar refractivity (Wildman–Crippen MR) is 104 cm³/mol. The maximum absolute atomic E-state index is 12.3. The topological polar surface area (TPSA) is 61.3 Å². The Morgan fingerprint density at radius 3 is 2.59 bits per heavy atom. The first-order chi connectivity index (χ1) is 13.0. The van der Waals surface area contributed by atoms with E-state index in [1.54, 1.807) is 31.2 Å². The number of carbonyl (C=O) groups excluding carboxylic acids is 1. The summed E-state index contributed by atoms with van der Waals surface area (Å²) in [5.74, 6) is 0.402. The first kappa shape index (κ1) is 18.9. The molecule has 0 atom stereocenters. The molecule has 0 saturated heterocycles. The fourth-order valence-electron chi connectivity index (χ4n) is 2.44. The van der Waals surface area contributed by atoms with Gasteiger partial charge in [-0.3, -0.25) is 0 Å². The fourth-order valence-corrected chi connectivity index (χ4v) is 2.62. The van der Waals surface area contributed by atoms with E-state index in [1.165, 1.54) is 11.8 Å². The van der Waals surface area contributed by atoms with E-state index in [2.05, 4.69) is 9.97 Å². The van der Waals surface area contributed by atoms with E-state index in [0.29, 0.717) is 16.6 Å². The van der Waals surface area contributed by atoms with Crippen molar-refractivity contribution >= 4 is 17.6 Å². The van der Waals surface area contributed by atoms with Crippen molar-refractivity contribution in [2.24, 2.45) is 0 Å². The van der Waals surface area contributed by atoms with Crippen LogP contribution in [-0.4, -0.2) is 22.5 Å². The van der Waals surface area contributed by atoms with Gasteiger partial charge in [-0.25, -0.2) is 9.78 Å². The van der Waals surface area contributed by atoms with Crippen molar-refractivity contribution in [1.82, 2.24) is 9.97 Å². The average molecular weight is 383 g/mol. The highest BCUT2D eigenvalue weighted by Gasteiger charge is 2.19. The van der Waals surface area contributed by atoms with Crippen LogP contribution in [0, 0.1) is 13.8 Å². The molecular formula is C21H19ClN2O3. The van der Waals surface area contributed by atoms with Crippen LogP contribution in [0.25, 0.3) is 11.4 Å². The molecule has 1 aromatic heterocycles. The van der Waals surface area contributed by atoms with E-state index >= 15 is 0 Å². The Kier molecular flexibility index (Phi) is 5.72. The average Bonchev–Trinajstić information content (AvgIpc) is 2.66. The van der Waals surface area contributed by atoms with Crippen molar-refractivity contribution in [1.29, 1.82) is 0 Å². The highest BCUT2D eigenvalue weighted by atomic mass is 35.5. The highest BCUT2D eigenvalue weighted by Crippen LogP contribution is 2.31. The van der Waals surface area contributed by atoms with Gasteiger partial charge in [-0.05, 0) is 50.1 Å². The molecule has 138 valence electrons. The zero-order valence-electron chi connectivity index (χ0n) is 15.3. The summed E-state index contributed by atoms with van der Waals surface area (Å²) in [5, 5.41) is 0.415. The molecule has 0 aliphatic carbocycles. The second kappa shape index (κ2) is 8.18. The summed E-state index contributed by atoms with van der Waals surface area (Å²) in [6.07, 6.45) is 1.42. The quantitative estimate of drug-likeness (QED) is 0.554. The molecule has 0 radical (unpaired) electrons. The summed E-state index contributed by atoms with van der Waals surface area (Å²) >= 11 is 6.18. The molecule has 0 saturated carbocycles. The van der Waals surface area contributed by atoms with Crippen LogP contribution in [0.2, 0.25) is 5.02 Å². The van der Waals surface area contributed by atoms with Gasteiger partial charge < -0.3 is 9.47 Å². The van der Waals surface area contributed by atoms with Crippen molar-refractivity contribution in [3.8, 4) is 23.0 Å². The van der Waals surface area contributed by atoms with Crippen LogP contribution in [0.4, 0.5) is 0 Å². The summed E-state index contributed by atoms with van der Waals surface area (Å²) in [6.45, 7) is 6.03. The monoisotopic (exact) mass is 382 g/mol. The molecule has 0 N–H and O–H groups in total. The minimum atomic E-state index is -0.550. The Morgan fingerprint density at radius 1 is 1.11 bits per heavy atom. The minimum Gasteiger partial charge on any atom is -0.462 e. The summed E-state index contributed by atoms with van der Waals surface area (Å²) in [6, 6.07) is 12.9. The summed E-state index contributed by atoms with van der Waals surface area (Å²) < 4.78 is 10.9. The van der Waals surface area contributed by atoms with Crippen molar-refractivity contribution in [3.63, 3.8) is 0 Å². The van der Waals surface area contributed by atoms with E-state index < -0.39 is 5.97 Å². The first-order valence-electron chi connectivity index (χ1n) is 8.53. The van der Waals surface area contributed by atoms with Crippen molar-refractivity contribution < 1.29 is 14.3 Å². The molecule has 27 heavy (non-hydrogen) atoms. The Labute approximate surface area is 163 Å². The first-order valence-corrected chi connectivity index (χ1v) is 8.91. The van der Waals surface area contributed by atoms with Gasteiger partial charge in [0.05, 0.1) is 11.6 Å². The number of esters is 1. The van der Waals surface area contributed by atoms with Crippen LogP contribution in [0.5, 0.6) is 11.6 Å². The standard InChI is InChI=1S/C21H19ClN2O3/c1-4-26-21(25)16-12-23-19(15-10-9-13(2)14(3)11-15)24-20(16)27-18-8-6-5-7-17(18)22/h5-12H,4H2,1-3H3. The number of carbonyl (C=O) groups is 1. The van der Waals surface area contributed by atoms with E-state index in [0.717, 1.165) is 11.1 Å². The number of para-hydroxylation sites is 1. The number of aryl methyl sites for hydroxylation is 2. The molecule has 3 aromatic rings. The third kappa shape index (κ3) is 4.26. The van der Waals surface area contributed by atoms with E-state index in [-0.39, 0.29) is 18.1 Å². The minimum absolute atomic E-state index is 0.102. The molecule has 2 aromatic carbocycles. The van der Waals surface area contributed by atoms with Gasteiger partial charge >= 0.3 is 5.97 Å². The number of aromatic nitrogens is 2. The van der Waals surface area contributed by atoms with Gasteiger partial charge in [0.15, 0.2) is 5.82 Å². The van der Waals surface area contributed by atoms with Gasteiger partial charge in [-0.2, -0.15) is 4.98 Å². The largest absolute Gasteiger partial charge is 0.462 e. The smallest absolute Gasteiger partial charge is 0.345 e. The number of ether oxygens (including phenoxy) is 2. The zero-order chi connectivity index (χ0) is 19.4. The van der Waals surface area contributed by atoms with E-state index in [4.69, 9.17) is 21.1 Å². The van der Waals surface area contributed by atoms with Crippen LogP contribution in [0.15, 0.2) is 48.7 Å². The fraction of sp³-hybridized carbons (Fsp3) is 0.190. The van der Waals surface area contributed by atoms with Crippen LogP contribution < -0.4 is 4.74 Å². The summed E-state index contributed by atoms with van der Waals surface area (Å²) in [7, 11) is 0. The van der Waals surface area contributed by atoms with Crippen molar-refractivity contribution in [2.75, 3.05) is 6.61 Å². The van der Waals surface area contributed by atoms with Crippen molar-refractivity contribution in [2.45, 2.75) is 20.8 Å². The molecule has 0 spiro atoms. The van der Waals surface area contributed by atoms with Gasteiger partial charge in [0, 0.05) is 11.8 Å². The second-order valence-electron chi connectivity index (χ2n) is 5.96. The number of nitrogens with zero attached hydrogens (tertiary/aromatic N) is 2. The van der Waals surface area contributed by atoms with Crippen molar-refractivity contribution in [3.05, 3.63) is 70.4 Å². The number of benzene rings is 2. The third-order valence-corrected chi connectivity index (χ3v) is 4.37. The molecule has 0 bridgehead atoms. The van der Waals surface area contributed by atoms with Crippen LogP contribution in [0.3, 0.4) is 0 Å². The summed E-state index contributed by atoms with van der Waals surface area (Å²) in [4.78, 5) is 21.1. The SMILES string of the molecule is CCOC(=O)c1cnc(-c2ccc(C)c(C)c2)nc1Oc1ccccc1Cl. The number of hydrogen-bond donors (Lipinski definition) is 0. The van der Waals surface area contributed by atoms with Gasteiger partial charge in [0.25, 0.3) is 0 Å². The molecule has 0 aliphatic rings. The molecule has 1 heterocycles. The number of hydrogen-bond acceptors (Lipinski definition) is 5. The molecule has 5 nitrogen and oxygen atoms in total. The Hall–Kier alpha value is -2.92. The molecule has 0 unspecified atom stereocenters. The number of halogens is 1. The lowest BCUT2D eigenvalue weighted by atomic mass is 10.1. The third-order valence-electron chi connectivity index (χ3n) is 4.06.